The number of rotatable bonds is 2. The van der Waals surface area contributed by atoms with Crippen LogP contribution in [0, 0.1) is 6.92 Å². The predicted octanol–water partition coefficient (Wildman–Crippen LogP) is 2.51. The van der Waals surface area contributed by atoms with Gasteiger partial charge in [-0.15, -0.1) is 0 Å². The number of piperidine rings is 1. The number of hydrogen-bond donors (Lipinski definition) is 1. The van der Waals surface area contributed by atoms with Gasteiger partial charge in [0, 0.05) is 26.2 Å². The zero-order chi connectivity index (χ0) is 13.1. The van der Waals surface area contributed by atoms with Crippen LogP contribution in [-0.4, -0.2) is 29.4 Å². The molecule has 0 aromatic carbocycles. The lowest BCUT2D eigenvalue weighted by Crippen LogP contribution is -2.37. The summed E-state index contributed by atoms with van der Waals surface area (Å²) in [4.78, 5) is 18.2. The highest BCUT2D eigenvalue weighted by Crippen LogP contribution is 2.32. The van der Waals surface area contributed by atoms with Crippen LogP contribution in [0.5, 0.6) is 0 Å². The van der Waals surface area contributed by atoms with E-state index in [1.54, 1.807) is 6.92 Å². The van der Waals surface area contributed by atoms with Gasteiger partial charge in [-0.1, -0.05) is 6.07 Å². The maximum absolute atomic E-state index is 11.7. The van der Waals surface area contributed by atoms with E-state index in [4.69, 9.17) is 0 Å². The molecule has 4 heteroatoms. The Morgan fingerprint density at radius 2 is 2.22 bits per heavy atom. The van der Waals surface area contributed by atoms with Gasteiger partial charge in [-0.05, 0) is 37.8 Å². The number of hydrogen-bond acceptors (Lipinski definition) is 3. The normalized spacial score (nSPS) is 19.7. The quantitative estimate of drug-likeness (QED) is 0.873. The van der Waals surface area contributed by atoms with E-state index in [1.807, 2.05) is 24.9 Å². The van der Waals surface area contributed by atoms with Gasteiger partial charge in [0.2, 0.25) is 5.91 Å². The summed E-state index contributed by atoms with van der Waals surface area (Å²) in [6.07, 6.45) is 3.33. The van der Waals surface area contributed by atoms with Crippen LogP contribution >= 0.6 is 0 Å². The molecule has 1 aliphatic rings. The van der Waals surface area contributed by atoms with Crippen molar-refractivity contribution in [3.05, 3.63) is 23.4 Å². The Hall–Kier alpha value is -1.58. The summed E-state index contributed by atoms with van der Waals surface area (Å²) in [5.41, 5.74) is 2.20. The molecular formula is C14H21N3O. The monoisotopic (exact) mass is 247 g/mol. The Kier molecular flexibility index (Phi) is 3.84. The lowest BCUT2D eigenvalue weighted by atomic mass is 9.94. The number of carbonyl (C=O) groups is 1. The summed E-state index contributed by atoms with van der Waals surface area (Å²) in [7, 11) is 1.87. The van der Waals surface area contributed by atoms with Crippen LogP contribution in [0.2, 0.25) is 0 Å². The van der Waals surface area contributed by atoms with E-state index in [0.717, 1.165) is 30.9 Å². The molecule has 1 aromatic heterocycles. The Labute approximate surface area is 108 Å². The molecule has 2 rings (SSSR count). The molecule has 1 N–H and O–H groups in total. The lowest BCUT2D eigenvalue weighted by Gasteiger charge is -2.36. The van der Waals surface area contributed by atoms with Gasteiger partial charge in [0.25, 0.3) is 0 Å². The zero-order valence-corrected chi connectivity index (χ0v) is 11.4. The van der Waals surface area contributed by atoms with Crippen LogP contribution in [0.4, 0.5) is 5.82 Å². The molecule has 4 nitrogen and oxygen atoms in total. The molecule has 98 valence electrons. The molecule has 1 saturated heterocycles. The van der Waals surface area contributed by atoms with Crippen molar-refractivity contribution in [3.63, 3.8) is 0 Å². The third-order valence-electron chi connectivity index (χ3n) is 3.65. The number of anilines is 1. The number of aromatic nitrogens is 1. The van der Waals surface area contributed by atoms with E-state index in [9.17, 15) is 4.79 Å². The predicted molar refractivity (Wildman–Crippen MR) is 72.5 cm³/mol. The fraction of sp³-hybridized carbons (Fsp3) is 0.571. The second-order valence-corrected chi connectivity index (χ2v) is 4.85. The summed E-state index contributed by atoms with van der Waals surface area (Å²) in [6.45, 7) is 4.54. The van der Waals surface area contributed by atoms with E-state index >= 15 is 0 Å². The van der Waals surface area contributed by atoms with Crippen molar-refractivity contribution in [1.29, 1.82) is 0 Å². The first-order valence-electron chi connectivity index (χ1n) is 6.56. The minimum Gasteiger partial charge on any atom is -0.373 e. The average molecular weight is 247 g/mol. The third-order valence-corrected chi connectivity index (χ3v) is 3.65. The molecule has 0 aliphatic carbocycles. The molecule has 0 spiro atoms. The Morgan fingerprint density at radius 3 is 2.83 bits per heavy atom. The highest BCUT2D eigenvalue weighted by Gasteiger charge is 2.27. The molecule has 1 aliphatic heterocycles. The van der Waals surface area contributed by atoms with E-state index < -0.39 is 0 Å². The van der Waals surface area contributed by atoms with Gasteiger partial charge < -0.3 is 10.2 Å². The Balaban J connectivity index is 2.31. The van der Waals surface area contributed by atoms with Crippen molar-refractivity contribution < 1.29 is 4.79 Å². The second-order valence-electron chi connectivity index (χ2n) is 4.85. The third kappa shape index (κ3) is 2.47. The van der Waals surface area contributed by atoms with E-state index in [-0.39, 0.29) is 11.9 Å². The first-order valence-corrected chi connectivity index (χ1v) is 6.56. The summed E-state index contributed by atoms with van der Waals surface area (Å²) in [5.74, 6) is 1.04. The smallest absolute Gasteiger partial charge is 0.219 e. The van der Waals surface area contributed by atoms with Crippen molar-refractivity contribution in [2.24, 2.45) is 0 Å². The molecule has 1 amide bonds. The number of amides is 1. The van der Waals surface area contributed by atoms with Gasteiger partial charge >= 0.3 is 0 Å². The molecule has 0 bridgehead atoms. The van der Waals surface area contributed by atoms with Crippen molar-refractivity contribution >= 4 is 11.7 Å². The second kappa shape index (κ2) is 5.38. The fourth-order valence-electron chi connectivity index (χ4n) is 2.70. The SMILES string of the molecule is CNc1ccc([C@H]2CCCCN2C(C)=O)c(C)n1. The Morgan fingerprint density at radius 1 is 1.44 bits per heavy atom. The summed E-state index contributed by atoms with van der Waals surface area (Å²) in [5, 5.41) is 3.04. The molecular weight excluding hydrogens is 226 g/mol. The summed E-state index contributed by atoms with van der Waals surface area (Å²) in [6, 6.07) is 4.28. The van der Waals surface area contributed by atoms with E-state index in [0.29, 0.717) is 0 Å². The largest absolute Gasteiger partial charge is 0.373 e. The topological polar surface area (TPSA) is 45.2 Å². The minimum absolute atomic E-state index is 0.164. The van der Waals surface area contributed by atoms with Gasteiger partial charge in [0.1, 0.15) is 5.82 Å². The number of pyridine rings is 1. The molecule has 0 unspecified atom stereocenters. The molecule has 18 heavy (non-hydrogen) atoms. The lowest BCUT2D eigenvalue weighted by molar-refractivity contribution is -0.132. The van der Waals surface area contributed by atoms with Crippen LogP contribution in [0.15, 0.2) is 12.1 Å². The molecule has 1 atom stereocenters. The van der Waals surface area contributed by atoms with Crippen molar-refractivity contribution in [2.75, 3.05) is 18.9 Å². The summed E-state index contributed by atoms with van der Waals surface area (Å²) < 4.78 is 0. The molecule has 1 aromatic rings. The highest BCUT2D eigenvalue weighted by molar-refractivity contribution is 5.74. The van der Waals surface area contributed by atoms with Crippen LogP contribution in [0.3, 0.4) is 0 Å². The molecule has 1 fully saturated rings. The number of aryl methyl sites for hydroxylation is 1. The molecule has 0 radical (unpaired) electrons. The van der Waals surface area contributed by atoms with Crippen molar-refractivity contribution in [3.8, 4) is 0 Å². The first kappa shape index (κ1) is 12.9. The fourth-order valence-corrected chi connectivity index (χ4v) is 2.70. The summed E-state index contributed by atoms with van der Waals surface area (Å²) >= 11 is 0. The van der Waals surface area contributed by atoms with Gasteiger partial charge in [-0.2, -0.15) is 0 Å². The molecule has 0 saturated carbocycles. The first-order chi connectivity index (χ1) is 8.63. The van der Waals surface area contributed by atoms with Crippen LogP contribution in [-0.2, 0) is 4.79 Å². The number of nitrogens with zero attached hydrogens (tertiary/aromatic N) is 2. The highest BCUT2D eigenvalue weighted by atomic mass is 16.2. The minimum atomic E-state index is 0.164. The number of nitrogens with one attached hydrogen (secondary N) is 1. The molecule has 2 heterocycles. The van der Waals surface area contributed by atoms with Crippen LogP contribution in [0.1, 0.15) is 43.5 Å². The van der Waals surface area contributed by atoms with E-state index in [1.165, 1.54) is 12.0 Å². The van der Waals surface area contributed by atoms with Gasteiger partial charge in [0.05, 0.1) is 6.04 Å². The number of likely N-dealkylation sites (tertiary alicyclic amines) is 1. The van der Waals surface area contributed by atoms with Gasteiger partial charge in [0.15, 0.2) is 0 Å². The van der Waals surface area contributed by atoms with Crippen LogP contribution < -0.4 is 5.32 Å². The van der Waals surface area contributed by atoms with Crippen molar-refractivity contribution in [2.45, 2.75) is 39.2 Å². The van der Waals surface area contributed by atoms with Gasteiger partial charge in [-0.3, -0.25) is 4.79 Å². The van der Waals surface area contributed by atoms with E-state index in [2.05, 4.69) is 16.4 Å². The zero-order valence-electron chi connectivity index (χ0n) is 11.4. The maximum atomic E-state index is 11.7. The number of carbonyl (C=O) groups excluding carboxylic acids is 1. The maximum Gasteiger partial charge on any atom is 0.219 e. The van der Waals surface area contributed by atoms with Crippen molar-refractivity contribution in [1.82, 2.24) is 9.88 Å². The van der Waals surface area contributed by atoms with Crippen LogP contribution in [0.25, 0.3) is 0 Å². The standard InChI is InChI=1S/C14H21N3O/c1-10-12(7-8-14(15-3)16-10)13-6-4-5-9-17(13)11(2)18/h7-8,13H,4-6,9H2,1-3H3,(H,15,16)/t13-/m1/s1. The van der Waals surface area contributed by atoms with Gasteiger partial charge in [-0.25, -0.2) is 4.98 Å². The average Bonchev–Trinajstić information content (AvgIpc) is 2.38. The Bertz CT molecular complexity index is 445.